The predicted octanol–water partition coefficient (Wildman–Crippen LogP) is 3.49. The standard InChI is InChI=1S/C16H25NOS/c1-3-17-15(14-8-6-10-18-11-14)12-19-16-9-5-4-7-13(16)2/h4-5,7,9,14-15,17H,3,6,8,10-12H2,1-2H3. The van der Waals surface area contributed by atoms with Crippen LogP contribution in [0, 0.1) is 12.8 Å². The molecule has 0 aromatic heterocycles. The molecular formula is C16H25NOS. The topological polar surface area (TPSA) is 21.3 Å². The van der Waals surface area contributed by atoms with Crippen molar-refractivity contribution in [3.05, 3.63) is 29.8 Å². The van der Waals surface area contributed by atoms with Crippen LogP contribution in [-0.2, 0) is 4.74 Å². The zero-order valence-electron chi connectivity index (χ0n) is 12.0. The molecule has 1 aromatic rings. The summed E-state index contributed by atoms with van der Waals surface area (Å²) in [5.41, 5.74) is 1.38. The highest BCUT2D eigenvalue weighted by molar-refractivity contribution is 7.99. The van der Waals surface area contributed by atoms with Crippen LogP contribution >= 0.6 is 11.8 Å². The van der Waals surface area contributed by atoms with Crippen molar-refractivity contribution in [1.29, 1.82) is 0 Å². The van der Waals surface area contributed by atoms with Crippen molar-refractivity contribution in [3.63, 3.8) is 0 Å². The van der Waals surface area contributed by atoms with Crippen molar-refractivity contribution in [3.8, 4) is 0 Å². The Balaban J connectivity index is 1.91. The monoisotopic (exact) mass is 279 g/mol. The van der Waals surface area contributed by atoms with Gasteiger partial charge in [-0.05, 0) is 43.9 Å². The molecule has 1 N–H and O–H groups in total. The molecule has 2 unspecified atom stereocenters. The van der Waals surface area contributed by atoms with Crippen LogP contribution < -0.4 is 5.32 Å². The molecule has 0 saturated carbocycles. The van der Waals surface area contributed by atoms with Gasteiger partial charge in [-0.3, -0.25) is 0 Å². The molecule has 19 heavy (non-hydrogen) atoms. The van der Waals surface area contributed by atoms with Gasteiger partial charge >= 0.3 is 0 Å². The highest BCUT2D eigenvalue weighted by Gasteiger charge is 2.23. The van der Waals surface area contributed by atoms with Crippen LogP contribution in [0.5, 0.6) is 0 Å². The number of benzene rings is 1. The van der Waals surface area contributed by atoms with Crippen molar-refractivity contribution in [2.45, 2.75) is 37.6 Å². The number of ether oxygens (including phenoxy) is 1. The molecule has 0 radical (unpaired) electrons. The van der Waals surface area contributed by atoms with E-state index in [2.05, 4.69) is 43.4 Å². The average molecular weight is 279 g/mol. The summed E-state index contributed by atoms with van der Waals surface area (Å²) < 4.78 is 5.64. The molecule has 1 aromatic carbocycles. The van der Waals surface area contributed by atoms with Crippen molar-refractivity contribution in [1.82, 2.24) is 5.32 Å². The highest BCUT2D eigenvalue weighted by Crippen LogP contribution is 2.26. The molecule has 2 atom stereocenters. The molecule has 1 saturated heterocycles. The molecule has 1 aliphatic rings. The minimum atomic E-state index is 0.565. The molecule has 3 heteroatoms. The third-order valence-corrected chi connectivity index (χ3v) is 5.04. The lowest BCUT2D eigenvalue weighted by Crippen LogP contribution is -2.42. The van der Waals surface area contributed by atoms with Crippen molar-refractivity contribution < 1.29 is 4.74 Å². The van der Waals surface area contributed by atoms with E-state index in [-0.39, 0.29) is 0 Å². The Morgan fingerprint density at radius 1 is 1.42 bits per heavy atom. The van der Waals surface area contributed by atoms with Gasteiger partial charge in [0, 0.05) is 23.3 Å². The summed E-state index contributed by atoms with van der Waals surface area (Å²) in [4.78, 5) is 1.40. The molecule has 106 valence electrons. The van der Waals surface area contributed by atoms with Gasteiger partial charge in [-0.1, -0.05) is 25.1 Å². The van der Waals surface area contributed by atoms with Gasteiger partial charge < -0.3 is 10.1 Å². The third-order valence-electron chi connectivity index (χ3n) is 3.74. The van der Waals surface area contributed by atoms with Crippen molar-refractivity contribution >= 4 is 11.8 Å². The maximum absolute atomic E-state index is 5.64. The Morgan fingerprint density at radius 3 is 2.95 bits per heavy atom. The molecule has 2 nitrogen and oxygen atoms in total. The molecular weight excluding hydrogens is 254 g/mol. The van der Waals surface area contributed by atoms with Crippen molar-refractivity contribution in [2.24, 2.45) is 5.92 Å². The first kappa shape index (κ1) is 14.9. The third kappa shape index (κ3) is 4.51. The van der Waals surface area contributed by atoms with Gasteiger partial charge in [0.1, 0.15) is 0 Å². The maximum Gasteiger partial charge on any atom is 0.0509 e. The van der Waals surface area contributed by atoms with E-state index in [0.717, 1.165) is 25.5 Å². The minimum absolute atomic E-state index is 0.565. The SMILES string of the molecule is CCNC(CSc1ccccc1C)C1CCCOC1. The second-order valence-corrected chi connectivity index (χ2v) is 6.28. The summed E-state index contributed by atoms with van der Waals surface area (Å²) >= 11 is 1.97. The van der Waals surface area contributed by atoms with E-state index in [1.165, 1.54) is 23.3 Å². The van der Waals surface area contributed by atoms with Crippen LogP contribution in [-0.4, -0.2) is 31.6 Å². The average Bonchev–Trinajstić information content (AvgIpc) is 2.46. The Labute approximate surface area is 121 Å². The summed E-state index contributed by atoms with van der Waals surface area (Å²) in [5.74, 6) is 1.80. The Kier molecular flexibility index (Phi) is 6.21. The number of hydrogen-bond acceptors (Lipinski definition) is 3. The Bertz CT molecular complexity index is 377. The van der Waals surface area contributed by atoms with E-state index in [0.29, 0.717) is 12.0 Å². The zero-order chi connectivity index (χ0) is 13.5. The van der Waals surface area contributed by atoms with E-state index in [1.807, 2.05) is 11.8 Å². The maximum atomic E-state index is 5.64. The van der Waals surface area contributed by atoms with E-state index >= 15 is 0 Å². The molecule has 1 fully saturated rings. The van der Waals surface area contributed by atoms with E-state index in [4.69, 9.17) is 4.74 Å². The van der Waals surface area contributed by atoms with E-state index in [9.17, 15) is 0 Å². The first-order valence-electron chi connectivity index (χ1n) is 7.30. The van der Waals surface area contributed by atoms with Gasteiger partial charge in [-0.25, -0.2) is 0 Å². The van der Waals surface area contributed by atoms with Gasteiger partial charge in [0.2, 0.25) is 0 Å². The lowest BCUT2D eigenvalue weighted by atomic mass is 9.95. The summed E-state index contributed by atoms with van der Waals surface area (Å²) in [6.45, 7) is 7.28. The number of aryl methyl sites for hydroxylation is 1. The van der Waals surface area contributed by atoms with Crippen LogP contribution in [0.25, 0.3) is 0 Å². The molecule has 2 rings (SSSR count). The Morgan fingerprint density at radius 2 is 2.26 bits per heavy atom. The minimum Gasteiger partial charge on any atom is -0.381 e. The fraction of sp³-hybridized carbons (Fsp3) is 0.625. The predicted molar refractivity (Wildman–Crippen MR) is 82.9 cm³/mol. The van der Waals surface area contributed by atoms with Crippen LogP contribution in [0.4, 0.5) is 0 Å². The van der Waals surface area contributed by atoms with Gasteiger partial charge in [-0.15, -0.1) is 11.8 Å². The van der Waals surface area contributed by atoms with Crippen LogP contribution in [0.15, 0.2) is 29.2 Å². The number of thioether (sulfide) groups is 1. The number of rotatable bonds is 6. The van der Waals surface area contributed by atoms with E-state index in [1.54, 1.807) is 0 Å². The smallest absolute Gasteiger partial charge is 0.0509 e. The largest absolute Gasteiger partial charge is 0.381 e. The van der Waals surface area contributed by atoms with Gasteiger partial charge in [0.05, 0.1) is 6.61 Å². The second kappa shape index (κ2) is 7.93. The number of nitrogens with one attached hydrogen (secondary N) is 1. The van der Waals surface area contributed by atoms with Crippen LogP contribution in [0.2, 0.25) is 0 Å². The first-order chi connectivity index (χ1) is 9.31. The normalized spacial score (nSPS) is 21.3. The Hall–Kier alpha value is -0.510. The van der Waals surface area contributed by atoms with Crippen molar-refractivity contribution in [2.75, 3.05) is 25.5 Å². The van der Waals surface area contributed by atoms with Crippen LogP contribution in [0.1, 0.15) is 25.3 Å². The van der Waals surface area contributed by atoms with Gasteiger partial charge in [0.15, 0.2) is 0 Å². The zero-order valence-corrected chi connectivity index (χ0v) is 12.8. The lowest BCUT2D eigenvalue weighted by molar-refractivity contribution is 0.0429. The molecule has 0 aliphatic carbocycles. The van der Waals surface area contributed by atoms with Crippen LogP contribution in [0.3, 0.4) is 0 Å². The molecule has 0 bridgehead atoms. The summed E-state index contributed by atoms with van der Waals surface area (Å²) in [7, 11) is 0. The quantitative estimate of drug-likeness (QED) is 0.805. The number of hydrogen-bond donors (Lipinski definition) is 1. The summed E-state index contributed by atoms with van der Waals surface area (Å²) in [5, 5.41) is 3.64. The van der Waals surface area contributed by atoms with Gasteiger partial charge in [0.25, 0.3) is 0 Å². The van der Waals surface area contributed by atoms with Gasteiger partial charge in [-0.2, -0.15) is 0 Å². The summed E-state index contributed by atoms with van der Waals surface area (Å²) in [6.07, 6.45) is 2.51. The molecule has 1 heterocycles. The summed E-state index contributed by atoms with van der Waals surface area (Å²) in [6, 6.07) is 9.21. The molecule has 1 aliphatic heterocycles. The second-order valence-electron chi connectivity index (χ2n) is 5.22. The molecule has 0 amide bonds. The first-order valence-corrected chi connectivity index (χ1v) is 8.29. The highest BCUT2D eigenvalue weighted by atomic mass is 32.2. The molecule has 0 spiro atoms. The fourth-order valence-electron chi connectivity index (χ4n) is 2.60. The lowest BCUT2D eigenvalue weighted by Gasteiger charge is -2.30. The fourth-order valence-corrected chi connectivity index (χ4v) is 3.82. The van der Waals surface area contributed by atoms with E-state index < -0.39 is 0 Å².